The van der Waals surface area contributed by atoms with E-state index in [4.69, 9.17) is 21.1 Å². The van der Waals surface area contributed by atoms with E-state index < -0.39 is 11.8 Å². The van der Waals surface area contributed by atoms with Crippen LogP contribution in [0.4, 0.5) is 31.9 Å². The lowest BCUT2D eigenvalue weighted by atomic mass is 10.1. The molecule has 3 aromatic rings. The second-order valence-corrected chi connectivity index (χ2v) is 9.60. The largest absolute Gasteiger partial charge is 0.495 e. The predicted molar refractivity (Wildman–Crippen MR) is 157 cm³/mol. The van der Waals surface area contributed by atoms with Gasteiger partial charge in [-0.1, -0.05) is 23.7 Å². The Hall–Kier alpha value is -4.02. The lowest BCUT2D eigenvalue weighted by Gasteiger charge is -2.38. The van der Waals surface area contributed by atoms with Crippen molar-refractivity contribution in [2.45, 2.75) is 6.42 Å². The Labute approximate surface area is 238 Å². The Kier molecular flexibility index (Phi) is 10.0. The number of urea groups is 1. The minimum atomic E-state index is -0.576. The number of ether oxygens (including phenoxy) is 2. The van der Waals surface area contributed by atoms with Crippen molar-refractivity contribution in [1.82, 2.24) is 5.32 Å². The number of hydrogen-bond donors (Lipinski definition) is 3. The molecule has 3 aromatic carbocycles. The molecule has 212 valence electrons. The number of nitrogens with one attached hydrogen (secondary N) is 3. The number of piperazine rings is 1. The lowest BCUT2D eigenvalue weighted by molar-refractivity contribution is 0.0949. The number of carbonyl (C=O) groups is 2. The number of anilines is 4. The molecular weight excluding hydrogens is 537 g/mol. The van der Waals surface area contributed by atoms with E-state index in [1.807, 2.05) is 30.3 Å². The molecule has 0 unspecified atom stereocenters. The molecule has 1 aliphatic rings. The van der Waals surface area contributed by atoms with Crippen molar-refractivity contribution in [2.75, 3.05) is 74.0 Å². The van der Waals surface area contributed by atoms with Gasteiger partial charge in [0, 0.05) is 63.5 Å². The van der Waals surface area contributed by atoms with E-state index in [1.54, 1.807) is 26.4 Å². The van der Waals surface area contributed by atoms with Crippen molar-refractivity contribution in [3.8, 4) is 5.75 Å². The fourth-order valence-electron chi connectivity index (χ4n) is 4.53. The van der Waals surface area contributed by atoms with Gasteiger partial charge in [0.1, 0.15) is 11.6 Å². The van der Waals surface area contributed by atoms with Gasteiger partial charge in [-0.05, 0) is 55.0 Å². The molecule has 1 aliphatic heterocycles. The zero-order chi connectivity index (χ0) is 28.5. The highest BCUT2D eigenvalue weighted by molar-refractivity contribution is 6.31. The summed E-state index contributed by atoms with van der Waals surface area (Å²) in [6.45, 7) is 3.88. The summed E-state index contributed by atoms with van der Waals surface area (Å²) in [6.07, 6.45) is 0.676. The van der Waals surface area contributed by atoms with Gasteiger partial charge in [0.25, 0.3) is 5.91 Å². The summed E-state index contributed by atoms with van der Waals surface area (Å²) in [5.74, 6) is 0.00410. The predicted octanol–water partition coefficient (Wildman–Crippen LogP) is 5.22. The average Bonchev–Trinajstić information content (AvgIpc) is 2.97. The third-order valence-electron chi connectivity index (χ3n) is 6.53. The van der Waals surface area contributed by atoms with Gasteiger partial charge in [0.05, 0.1) is 23.4 Å². The number of rotatable bonds is 10. The van der Waals surface area contributed by atoms with Gasteiger partial charge in [-0.2, -0.15) is 0 Å². The number of carbonyl (C=O) groups excluding carboxylic acids is 2. The van der Waals surface area contributed by atoms with Crippen LogP contribution in [-0.4, -0.2) is 65.5 Å². The number of halogens is 2. The maximum atomic E-state index is 13.5. The molecular formula is C29H33ClFN5O4. The number of hydrogen-bond acceptors (Lipinski definition) is 6. The smallest absolute Gasteiger partial charge is 0.323 e. The van der Waals surface area contributed by atoms with Gasteiger partial charge in [-0.15, -0.1) is 0 Å². The van der Waals surface area contributed by atoms with Gasteiger partial charge in [-0.3, -0.25) is 4.79 Å². The summed E-state index contributed by atoms with van der Waals surface area (Å²) in [6, 6.07) is 16.5. The van der Waals surface area contributed by atoms with Crippen molar-refractivity contribution in [3.63, 3.8) is 0 Å². The topological polar surface area (TPSA) is 95.2 Å². The molecule has 0 saturated carbocycles. The first kappa shape index (κ1) is 29.0. The van der Waals surface area contributed by atoms with Crippen LogP contribution in [0.3, 0.4) is 0 Å². The van der Waals surface area contributed by atoms with Crippen LogP contribution in [-0.2, 0) is 4.74 Å². The minimum absolute atomic E-state index is 0.0969. The molecule has 11 heteroatoms. The molecule has 4 rings (SSSR count). The van der Waals surface area contributed by atoms with E-state index in [9.17, 15) is 14.0 Å². The van der Waals surface area contributed by atoms with Crippen LogP contribution in [0.2, 0.25) is 5.02 Å². The first-order chi connectivity index (χ1) is 19.4. The standard InChI is InChI=1S/C29H33ClFN5O4/c1-39-17-5-12-32-28(37)22-18-20(33-29(38)34-21-8-10-24(31)23(30)19-21)9-11-25(22)35-13-15-36(16-14-35)26-6-3-4-7-27(26)40-2/h3-4,6-11,18-19H,5,12-17H2,1-2H3,(H,32,37)(H2,33,34,38). The van der Waals surface area contributed by atoms with E-state index in [0.29, 0.717) is 49.6 Å². The molecule has 0 aromatic heterocycles. The molecule has 3 amide bonds. The van der Waals surface area contributed by atoms with Crippen LogP contribution in [0.1, 0.15) is 16.8 Å². The lowest BCUT2D eigenvalue weighted by Crippen LogP contribution is -2.47. The number of amides is 3. The summed E-state index contributed by atoms with van der Waals surface area (Å²) in [5.41, 5.74) is 3.04. The summed E-state index contributed by atoms with van der Waals surface area (Å²) >= 11 is 5.81. The van der Waals surface area contributed by atoms with Crippen molar-refractivity contribution in [3.05, 3.63) is 77.1 Å². The molecule has 3 N–H and O–H groups in total. The van der Waals surface area contributed by atoms with E-state index >= 15 is 0 Å². The second kappa shape index (κ2) is 13.9. The Bertz CT molecular complexity index is 1330. The van der Waals surface area contributed by atoms with Gasteiger partial charge in [0.2, 0.25) is 0 Å². The zero-order valence-corrected chi connectivity index (χ0v) is 23.3. The molecule has 0 radical (unpaired) electrons. The zero-order valence-electron chi connectivity index (χ0n) is 22.5. The van der Waals surface area contributed by atoms with Crippen molar-refractivity contribution in [2.24, 2.45) is 0 Å². The average molecular weight is 570 g/mol. The normalized spacial score (nSPS) is 13.1. The van der Waals surface area contributed by atoms with E-state index in [1.165, 1.54) is 18.2 Å². The first-order valence-electron chi connectivity index (χ1n) is 13.0. The number of benzene rings is 3. The highest BCUT2D eigenvalue weighted by atomic mass is 35.5. The summed E-state index contributed by atoms with van der Waals surface area (Å²) < 4.78 is 24.1. The fraction of sp³-hybridized carbons (Fsp3) is 0.310. The van der Waals surface area contributed by atoms with Crippen LogP contribution < -0.4 is 30.5 Å². The van der Waals surface area contributed by atoms with Crippen molar-refractivity contribution >= 4 is 46.3 Å². The Balaban J connectivity index is 1.49. The quantitative estimate of drug-likeness (QED) is 0.290. The Morgan fingerprint density at radius 2 is 1.55 bits per heavy atom. The van der Waals surface area contributed by atoms with Crippen LogP contribution in [0.25, 0.3) is 0 Å². The molecule has 1 fully saturated rings. The van der Waals surface area contributed by atoms with Crippen LogP contribution in [0.15, 0.2) is 60.7 Å². The molecule has 40 heavy (non-hydrogen) atoms. The van der Waals surface area contributed by atoms with Crippen LogP contribution >= 0.6 is 11.6 Å². The molecule has 1 saturated heterocycles. The molecule has 0 spiro atoms. The highest BCUT2D eigenvalue weighted by Gasteiger charge is 2.24. The van der Waals surface area contributed by atoms with E-state index in [0.717, 1.165) is 30.2 Å². The third kappa shape index (κ3) is 7.34. The molecule has 9 nitrogen and oxygen atoms in total. The maximum absolute atomic E-state index is 13.5. The third-order valence-corrected chi connectivity index (χ3v) is 6.82. The highest BCUT2D eigenvalue weighted by Crippen LogP contribution is 2.31. The number of para-hydroxylation sites is 2. The van der Waals surface area contributed by atoms with Gasteiger partial charge in [0.15, 0.2) is 0 Å². The van der Waals surface area contributed by atoms with E-state index in [-0.39, 0.29) is 10.9 Å². The molecule has 1 heterocycles. The van der Waals surface area contributed by atoms with Gasteiger partial charge < -0.3 is 35.2 Å². The summed E-state index contributed by atoms with van der Waals surface area (Å²) in [7, 11) is 3.28. The number of methoxy groups -OCH3 is 2. The Morgan fingerprint density at radius 3 is 2.23 bits per heavy atom. The van der Waals surface area contributed by atoms with Gasteiger partial charge in [-0.25, -0.2) is 9.18 Å². The van der Waals surface area contributed by atoms with E-state index in [2.05, 4.69) is 25.8 Å². The Morgan fingerprint density at radius 1 is 0.900 bits per heavy atom. The SMILES string of the molecule is COCCCNC(=O)c1cc(NC(=O)Nc2ccc(F)c(Cl)c2)ccc1N1CCN(c2ccccc2OC)CC1. The molecule has 0 aliphatic carbocycles. The maximum Gasteiger partial charge on any atom is 0.323 e. The van der Waals surface area contributed by atoms with Crippen LogP contribution in [0.5, 0.6) is 5.75 Å². The summed E-state index contributed by atoms with van der Waals surface area (Å²) in [4.78, 5) is 30.3. The molecule has 0 bridgehead atoms. The fourth-order valence-corrected chi connectivity index (χ4v) is 4.71. The van der Waals surface area contributed by atoms with Crippen molar-refractivity contribution in [1.29, 1.82) is 0 Å². The van der Waals surface area contributed by atoms with Crippen LogP contribution in [0, 0.1) is 5.82 Å². The number of nitrogens with zero attached hydrogens (tertiary/aromatic N) is 2. The van der Waals surface area contributed by atoms with Gasteiger partial charge >= 0.3 is 6.03 Å². The molecule has 0 atom stereocenters. The monoisotopic (exact) mass is 569 g/mol. The first-order valence-corrected chi connectivity index (χ1v) is 13.3. The van der Waals surface area contributed by atoms with Crippen molar-refractivity contribution < 1.29 is 23.5 Å². The second-order valence-electron chi connectivity index (χ2n) is 9.19. The minimum Gasteiger partial charge on any atom is -0.495 e. The summed E-state index contributed by atoms with van der Waals surface area (Å²) in [5, 5.41) is 8.21.